The van der Waals surface area contributed by atoms with Gasteiger partial charge in [-0.25, -0.2) is 17.5 Å². The number of anilines is 1. The zero-order valence-electron chi connectivity index (χ0n) is 11.0. The van der Waals surface area contributed by atoms with Gasteiger partial charge in [0.05, 0.1) is 0 Å². The van der Waals surface area contributed by atoms with Crippen LogP contribution < -0.4 is 10.5 Å². The van der Waals surface area contributed by atoms with Gasteiger partial charge in [0.2, 0.25) is 10.0 Å². The van der Waals surface area contributed by atoms with Crippen LogP contribution in [0.2, 0.25) is 0 Å². The molecular formula is C12H19FN2O2S. The van der Waals surface area contributed by atoms with Gasteiger partial charge in [0.1, 0.15) is 10.7 Å². The Morgan fingerprint density at radius 2 is 1.89 bits per heavy atom. The van der Waals surface area contributed by atoms with Gasteiger partial charge >= 0.3 is 0 Å². The smallest absolute Gasteiger partial charge is 0.243 e. The lowest BCUT2D eigenvalue weighted by atomic mass is 9.98. The summed E-state index contributed by atoms with van der Waals surface area (Å²) >= 11 is 0. The van der Waals surface area contributed by atoms with Gasteiger partial charge in [-0.15, -0.1) is 0 Å². The molecule has 102 valence electrons. The molecule has 3 N–H and O–H groups in total. The molecule has 0 unspecified atom stereocenters. The number of benzene rings is 1. The van der Waals surface area contributed by atoms with Crippen LogP contribution in [0.5, 0.6) is 0 Å². The molecule has 0 spiro atoms. The minimum Gasteiger partial charge on any atom is -0.398 e. The van der Waals surface area contributed by atoms with Gasteiger partial charge in [0.15, 0.2) is 0 Å². The molecule has 1 aromatic carbocycles. The van der Waals surface area contributed by atoms with Crippen molar-refractivity contribution in [2.24, 2.45) is 5.41 Å². The van der Waals surface area contributed by atoms with E-state index in [2.05, 4.69) is 4.72 Å². The Morgan fingerprint density at radius 3 is 2.39 bits per heavy atom. The van der Waals surface area contributed by atoms with Crippen LogP contribution in [-0.4, -0.2) is 15.0 Å². The van der Waals surface area contributed by atoms with Gasteiger partial charge in [-0.2, -0.15) is 0 Å². The summed E-state index contributed by atoms with van der Waals surface area (Å²) in [6, 6.07) is 2.27. The summed E-state index contributed by atoms with van der Waals surface area (Å²) in [6.45, 7) is 7.50. The van der Waals surface area contributed by atoms with Crippen molar-refractivity contribution in [1.29, 1.82) is 0 Å². The van der Waals surface area contributed by atoms with Crippen LogP contribution in [-0.2, 0) is 10.0 Å². The van der Waals surface area contributed by atoms with E-state index in [9.17, 15) is 12.8 Å². The van der Waals surface area contributed by atoms with Crippen molar-refractivity contribution >= 4 is 15.7 Å². The summed E-state index contributed by atoms with van der Waals surface area (Å²) in [5, 5.41) is 0. The molecule has 6 heteroatoms. The van der Waals surface area contributed by atoms with Gasteiger partial charge < -0.3 is 5.73 Å². The highest BCUT2D eigenvalue weighted by atomic mass is 32.2. The summed E-state index contributed by atoms with van der Waals surface area (Å²) in [4.78, 5) is -0.408. The molecule has 0 aromatic heterocycles. The van der Waals surface area contributed by atoms with Crippen molar-refractivity contribution in [1.82, 2.24) is 4.72 Å². The van der Waals surface area contributed by atoms with Crippen molar-refractivity contribution in [3.8, 4) is 0 Å². The molecule has 1 rings (SSSR count). The second-order valence-corrected chi connectivity index (χ2v) is 7.26. The predicted molar refractivity (Wildman–Crippen MR) is 70.2 cm³/mol. The third kappa shape index (κ3) is 3.68. The van der Waals surface area contributed by atoms with E-state index in [4.69, 9.17) is 5.73 Å². The predicted octanol–water partition coefficient (Wildman–Crippen LogP) is 2.04. The highest BCUT2D eigenvalue weighted by molar-refractivity contribution is 7.89. The number of nitrogens with two attached hydrogens (primary N) is 1. The lowest BCUT2D eigenvalue weighted by molar-refractivity contribution is 0.407. The van der Waals surface area contributed by atoms with Crippen molar-refractivity contribution in [2.75, 3.05) is 12.3 Å². The number of halogens is 1. The normalized spacial score (nSPS) is 12.7. The van der Waals surface area contributed by atoms with E-state index in [-0.39, 0.29) is 17.6 Å². The van der Waals surface area contributed by atoms with Gasteiger partial charge in [0, 0.05) is 12.2 Å². The van der Waals surface area contributed by atoms with E-state index < -0.39 is 20.7 Å². The zero-order chi connectivity index (χ0) is 14.1. The SMILES string of the molecule is Cc1cc(F)c(S(=O)(=O)NCC(C)(C)C)cc1N. The number of nitrogen functional groups attached to an aromatic ring is 1. The molecule has 4 nitrogen and oxygen atoms in total. The Hall–Kier alpha value is -1.14. The fourth-order valence-corrected chi connectivity index (χ4v) is 2.64. The molecule has 0 saturated carbocycles. The number of hydrogen-bond acceptors (Lipinski definition) is 3. The second-order valence-electron chi connectivity index (χ2n) is 5.52. The largest absolute Gasteiger partial charge is 0.398 e. The molecule has 0 saturated heterocycles. The molecular weight excluding hydrogens is 255 g/mol. The first-order chi connectivity index (χ1) is 8.03. The van der Waals surface area contributed by atoms with Crippen molar-refractivity contribution in [2.45, 2.75) is 32.6 Å². The highest BCUT2D eigenvalue weighted by Crippen LogP contribution is 2.22. The first-order valence-electron chi connectivity index (χ1n) is 5.58. The van der Waals surface area contributed by atoms with E-state index in [0.717, 1.165) is 12.1 Å². The first-order valence-corrected chi connectivity index (χ1v) is 7.06. The summed E-state index contributed by atoms with van der Waals surface area (Å²) in [5.41, 5.74) is 6.16. The quantitative estimate of drug-likeness (QED) is 0.828. The zero-order valence-corrected chi connectivity index (χ0v) is 11.9. The average molecular weight is 274 g/mol. The molecule has 0 atom stereocenters. The standard InChI is InChI=1S/C12H19FN2O2S/c1-8-5-9(13)11(6-10(8)14)18(16,17)15-7-12(2,3)4/h5-6,15H,7,14H2,1-4H3. The maximum atomic E-state index is 13.7. The molecule has 0 aliphatic carbocycles. The molecule has 1 aromatic rings. The summed E-state index contributed by atoms with van der Waals surface area (Å²) in [5.74, 6) is -0.789. The Kier molecular flexibility index (Phi) is 4.02. The fraction of sp³-hybridized carbons (Fsp3) is 0.500. The molecule has 0 fully saturated rings. The Labute approximate surface area is 107 Å². The summed E-state index contributed by atoms with van der Waals surface area (Å²) in [6.07, 6.45) is 0. The third-order valence-electron chi connectivity index (χ3n) is 2.40. The monoisotopic (exact) mass is 274 g/mol. The van der Waals surface area contributed by atoms with E-state index in [0.29, 0.717) is 5.56 Å². The van der Waals surface area contributed by atoms with Gasteiger partial charge in [-0.3, -0.25) is 0 Å². The summed E-state index contributed by atoms with van der Waals surface area (Å²) < 4.78 is 40.0. The molecule has 0 bridgehead atoms. The van der Waals surface area contributed by atoms with E-state index >= 15 is 0 Å². The number of rotatable bonds is 3. The van der Waals surface area contributed by atoms with Crippen LogP contribution in [0.25, 0.3) is 0 Å². The van der Waals surface area contributed by atoms with Crippen LogP contribution >= 0.6 is 0 Å². The molecule has 0 heterocycles. The first kappa shape index (κ1) is 14.9. The molecule has 0 amide bonds. The van der Waals surface area contributed by atoms with Crippen LogP contribution in [0.1, 0.15) is 26.3 Å². The highest BCUT2D eigenvalue weighted by Gasteiger charge is 2.22. The van der Waals surface area contributed by atoms with Crippen LogP contribution in [0.4, 0.5) is 10.1 Å². The van der Waals surface area contributed by atoms with Gasteiger partial charge in [-0.1, -0.05) is 20.8 Å². The van der Waals surface area contributed by atoms with Gasteiger partial charge in [-0.05, 0) is 30.0 Å². The van der Waals surface area contributed by atoms with E-state index in [1.807, 2.05) is 20.8 Å². The lowest BCUT2D eigenvalue weighted by Gasteiger charge is -2.19. The van der Waals surface area contributed by atoms with Crippen molar-refractivity contribution in [3.63, 3.8) is 0 Å². The Balaban J connectivity index is 3.10. The lowest BCUT2D eigenvalue weighted by Crippen LogP contribution is -2.32. The van der Waals surface area contributed by atoms with Gasteiger partial charge in [0.25, 0.3) is 0 Å². The maximum Gasteiger partial charge on any atom is 0.243 e. The van der Waals surface area contributed by atoms with Crippen molar-refractivity contribution < 1.29 is 12.8 Å². The molecule has 0 radical (unpaired) electrons. The number of sulfonamides is 1. The van der Waals surface area contributed by atoms with Crippen LogP contribution in [0.15, 0.2) is 17.0 Å². The fourth-order valence-electron chi connectivity index (χ4n) is 1.26. The topological polar surface area (TPSA) is 72.2 Å². The third-order valence-corrected chi connectivity index (χ3v) is 3.82. The van der Waals surface area contributed by atoms with E-state index in [1.165, 1.54) is 0 Å². The average Bonchev–Trinajstić information content (AvgIpc) is 2.19. The number of nitrogens with one attached hydrogen (secondary N) is 1. The Morgan fingerprint density at radius 1 is 1.33 bits per heavy atom. The van der Waals surface area contributed by atoms with Crippen molar-refractivity contribution in [3.05, 3.63) is 23.5 Å². The second kappa shape index (κ2) is 4.85. The maximum absolute atomic E-state index is 13.7. The molecule has 18 heavy (non-hydrogen) atoms. The number of hydrogen-bond donors (Lipinski definition) is 2. The minimum absolute atomic E-state index is 0.222. The van der Waals surface area contributed by atoms with E-state index in [1.54, 1.807) is 6.92 Å². The minimum atomic E-state index is -3.87. The van der Waals surface area contributed by atoms with Crippen LogP contribution in [0.3, 0.4) is 0 Å². The summed E-state index contributed by atoms with van der Waals surface area (Å²) in [7, 11) is -3.87. The Bertz CT molecular complexity index is 548. The number of aryl methyl sites for hydroxylation is 1. The van der Waals surface area contributed by atoms with Crippen LogP contribution in [0, 0.1) is 18.2 Å². The molecule has 0 aliphatic rings. The molecule has 0 aliphatic heterocycles.